The lowest BCUT2D eigenvalue weighted by Crippen LogP contribution is -2.50. The van der Waals surface area contributed by atoms with Crippen LogP contribution in [0.25, 0.3) is 0 Å². The van der Waals surface area contributed by atoms with Crippen molar-refractivity contribution in [3.8, 4) is 0 Å². The Labute approximate surface area is 134 Å². The van der Waals surface area contributed by atoms with Crippen molar-refractivity contribution in [2.75, 3.05) is 32.8 Å². The Balaban J connectivity index is 1.82. The molecule has 2 saturated heterocycles. The molecule has 3 rings (SSSR count). The van der Waals surface area contributed by atoms with Gasteiger partial charge in [0.15, 0.2) is 0 Å². The van der Waals surface area contributed by atoms with E-state index in [-0.39, 0.29) is 10.8 Å². The molecule has 0 spiro atoms. The van der Waals surface area contributed by atoms with E-state index >= 15 is 0 Å². The van der Waals surface area contributed by atoms with Gasteiger partial charge in [0.1, 0.15) is 11.9 Å². The number of carbonyl (C=O) groups is 1. The number of morpholine rings is 1. The van der Waals surface area contributed by atoms with E-state index in [1.54, 1.807) is 4.90 Å². The number of sulfonamides is 1. The molecule has 0 bridgehead atoms. The van der Waals surface area contributed by atoms with Crippen LogP contribution in [0.2, 0.25) is 0 Å². The summed E-state index contributed by atoms with van der Waals surface area (Å²) in [6.07, 6.45) is 1.15. The molecule has 0 aliphatic carbocycles. The highest BCUT2D eigenvalue weighted by Gasteiger charge is 2.41. The monoisotopic (exact) mass is 342 g/mol. The topological polar surface area (TPSA) is 66.9 Å². The van der Waals surface area contributed by atoms with Crippen molar-refractivity contribution in [2.24, 2.45) is 0 Å². The Kier molecular flexibility index (Phi) is 4.65. The SMILES string of the molecule is O=C([C@@H]1CCCN1S(=O)(=O)c1ccc(F)cc1)N1CCOCC1. The Morgan fingerprint density at radius 2 is 1.78 bits per heavy atom. The third kappa shape index (κ3) is 3.24. The molecule has 23 heavy (non-hydrogen) atoms. The molecule has 126 valence electrons. The Morgan fingerprint density at radius 1 is 1.13 bits per heavy atom. The molecule has 0 radical (unpaired) electrons. The fraction of sp³-hybridized carbons (Fsp3) is 0.533. The van der Waals surface area contributed by atoms with Crippen molar-refractivity contribution in [1.82, 2.24) is 9.21 Å². The molecule has 2 aliphatic heterocycles. The molecule has 1 aromatic rings. The van der Waals surface area contributed by atoms with Gasteiger partial charge in [-0.1, -0.05) is 0 Å². The number of hydrogen-bond donors (Lipinski definition) is 0. The second-order valence-electron chi connectivity index (χ2n) is 5.67. The molecule has 8 heteroatoms. The van der Waals surface area contributed by atoms with Gasteiger partial charge in [0, 0.05) is 19.6 Å². The van der Waals surface area contributed by atoms with Gasteiger partial charge in [0.05, 0.1) is 18.1 Å². The molecule has 2 fully saturated rings. The van der Waals surface area contributed by atoms with Gasteiger partial charge in [-0.2, -0.15) is 4.31 Å². The Morgan fingerprint density at radius 3 is 2.43 bits per heavy atom. The standard InChI is InChI=1S/C15H19FN2O4S/c16-12-3-5-13(6-4-12)23(20,21)18-7-1-2-14(18)15(19)17-8-10-22-11-9-17/h3-6,14H,1-2,7-11H2/t14-/m0/s1. The first-order valence-electron chi connectivity index (χ1n) is 7.64. The minimum absolute atomic E-state index is 0.0144. The normalized spacial score (nSPS) is 23.2. The second-order valence-corrected chi connectivity index (χ2v) is 7.56. The predicted molar refractivity (Wildman–Crippen MR) is 80.7 cm³/mol. The van der Waals surface area contributed by atoms with Crippen LogP contribution in [0.4, 0.5) is 4.39 Å². The minimum Gasteiger partial charge on any atom is -0.378 e. The largest absolute Gasteiger partial charge is 0.378 e. The molecule has 1 amide bonds. The van der Waals surface area contributed by atoms with E-state index in [9.17, 15) is 17.6 Å². The van der Waals surface area contributed by atoms with Crippen LogP contribution >= 0.6 is 0 Å². The smallest absolute Gasteiger partial charge is 0.243 e. The van der Waals surface area contributed by atoms with Crippen LogP contribution in [0.1, 0.15) is 12.8 Å². The van der Waals surface area contributed by atoms with Gasteiger partial charge in [-0.25, -0.2) is 12.8 Å². The lowest BCUT2D eigenvalue weighted by molar-refractivity contribution is -0.138. The first-order chi connectivity index (χ1) is 11.0. The fourth-order valence-electron chi connectivity index (χ4n) is 3.01. The number of rotatable bonds is 3. The van der Waals surface area contributed by atoms with Gasteiger partial charge >= 0.3 is 0 Å². The van der Waals surface area contributed by atoms with Crippen LogP contribution in [0.5, 0.6) is 0 Å². The molecule has 0 saturated carbocycles. The van der Waals surface area contributed by atoms with Crippen LogP contribution in [0, 0.1) is 5.82 Å². The van der Waals surface area contributed by atoms with E-state index in [1.165, 1.54) is 16.4 Å². The highest BCUT2D eigenvalue weighted by atomic mass is 32.2. The van der Waals surface area contributed by atoms with E-state index in [4.69, 9.17) is 4.74 Å². The zero-order chi connectivity index (χ0) is 16.4. The zero-order valence-corrected chi connectivity index (χ0v) is 13.5. The predicted octanol–water partition coefficient (Wildman–Crippen LogP) is 0.838. The number of hydrogen-bond acceptors (Lipinski definition) is 4. The van der Waals surface area contributed by atoms with Crippen molar-refractivity contribution in [3.63, 3.8) is 0 Å². The van der Waals surface area contributed by atoms with E-state index in [1.807, 2.05) is 0 Å². The zero-order valence-electron chi connectivity index (χ0n) is 12.7. The van der Waals surface area contributed by atoms with E-state index in [2.05, 4.69) is 0 Å². The summed E-state index contributed by atoms with van der Waals surface area (Å²) in [5, 5.41) is 0. The van der Waals surface area contributed by atoms with Gasteiger partial charge < -0.3 is 9.64 Å². The first kappa shape index (κ1) is 16.4. The Bertz CT molecular complexity index is 671. The van der Waals surface area contributed by atoms with Crippen molar-refractivity contribution in [1.29, 1.82) is 0 Å². The van der Waals surface area contributed by atoms with Crippen LogP contribution in [-0.2, 0) is 19.6 Å². The second kappa shape index (κ2) is 6.54. The van der Waals surface area contributed by atoms with Crippen LogP contribution in [-0.4, -0.2) is 62.4 Å². The van der Waals surface area contributed by atoms with E-state index < -0.39 is 21.9 Å². The fourth-order valence-corrected chi connectivity index (χ4v) is 4.66. The number of halogens is 1. The maximum absolute atomic E-state index is 13.0. The lowest BCUT2D eigenvalue weighted by Gasteiger charge is -2.32. The molecule has 0 unspecified atom stereocenters. The molecule has 6 nitrogen and oxygen atoms in total. The third-order valence-corrected chi connectivity index (χ3v) is 6.15. The van der Waals surface area contributed by atoms with E-state index in [0.29, 0.717) is 45.7 Å². The number of benzene rings is 1. The molecule has 0 aromatic heterocycles. The summed E-state index contributed by atoms with van der Waals surface area (Å²) >= 11 is 0. The van der Waals surface area contributed by atoms with E-state index in [0.717, 1.165) is 12.1 Å². The van der Waals surface area contributed by atoms with Gasteiger partial charge in [0.25, 0.3) is 0 Å². The van der Waals surface area contributed by atoms with Gasteiger partial charge in [-0.05, 0) is 37.1 Å². The molecule has 1 aromatic carbocycles. The summed E-state index contributed by atoms with van der Waals surface area (Å²) in [7, 11) is -3.80. The van der Waals surface area contributed by atoms with Crippen molar-refractivity contribution in [2.45, 2.75) is 23.8 Å². The van der Waals surface area contributed by atoms with Gasteiger partial charge in [0.2, 0.25) is 15.9 Å². The average Bonchev–Trinajstić information content (AvgIpc) is 3.06. The third-order valence-electron chi connectivity index (χ3n) is 4.23. The summed E-state index contributed by atoms with van der Waals surface area (Å²) in [6, 6.07) is 4.02. The summed E-state index contributed by atoms with van der Waals surface area (Å²) < 4.78 is 45.0. The summed E-state index contributed by atoms with van der Waals surface area (Å²) in [4.78, 5) is 14.3. The Hall–Kier alpha value is -1.51. The number of carbonyl (C=O) groups excluding carboxylic acids is 1. The summed E-state index contributed by atoms with van der Waals surface area (Å²) in [5.41, 5.74) is 0. The first-order valence-corrected chi connectivity index (χ1v) is 9.08. The minimum atomic E-state index is -3.80. The summed E-state index contributed by atoms with van der Waals surface area (Å²) in [5.74, 6) is -0.664. The highest BCUT2D eigenvalue weighted by molar-refractivity contribution is 7.89. The molecule has 0 N–H and O–H groups in total. The van der Waals surface area contributed by atoms with Crippen molar-refractivity contribution in [3.05, 3.63) is 30.1 Å². The molecular weight excluding hydrogens is 323 g/mol. The maximum Gasteiger partial charge on any atom is 0.243 e. The lowest BCUT2D eigenvalue weighted by atomic mass is 10.2. The number of nitrogens with zero attached hydrogens (tertiary/aromatic N) is 2. The molecular formula is C15H19FN2O4S. The van der Waals surface area contributed by atoms with Crippen molar-refractivity contribution >= 4 is 15.9 Å². The number of ether oxygens (including phenoxy) is 1. The van der Waals surface area contributed by atoms with Crippen molar-refractivity contribution < 1.29 is 22.3 Å². The van der Waals surface area contributed by atoms with Gasteiger partial charge in [-0.3, -0.25) is 4.79 Å². The average molecular weight is 342 g/mol. The maximum atomic E-state index is 13.0. The molecule has 1 atom stereocenters. The molecule has 2 aliphatic rings. The van der Waals surface area contributed by atoms with Crippen LogP contribution in [0.3, 0.4) is 0 Å². The highest BCUT2D eigenvalue weighted by Crippen LogP contribution is 2.27. The number of amides is 1. The van der Waals surface area contributed by atoms with Crippen LogP contribution < -0.4 is 0 Å². The summed E-state index contributed by atoms with van der Waals surface area (Å²) in [6.45, 7) is 2.23. The van der Waals surface area contributed by atoms with Gasteiger partial charge in [-0.15, -0.1) is 0 Å². The van der Waals surface area contributed by atoms with Crippen LogP contribution in [0.15, 0.2) is 29.2 Å². The molecule has 2 heterocycles. The quantitative estimate of drug-likeness (QED) is 0.816.